The highest BCUT2D eigenvalue weighted by Crippen LogP contribution is 2.42. The molecule has 7 nitrogen and oxygen atoms in total. The number of rotatable bonds is 10. The van der Waals surface area contributed by atoms with Gasteiger partial charge < -0.3 is 24.6 Å². The third-order valence-electron chi connectivity index (χ3n) is 6.68. The molecule has 0 saturated heterocycles. The van der Waals surface area contributed by atoms with Crippen LogP contribution in [0.4, 0.5) is 4.79 Å². The number of hydrogen-bond donors (Lipinski definition) is 2. The van der Waals surface area contributed by atoms with Crippen molar-refractivity contribution in [3.05, 3.63) is 89.0 Å². The van der Waals surface area contributed by atoms with Gasteiger partial charge in [-0.2, -0.15) is 0 Å². The number of hydrogen-bond acceptors (Lipinski definition) is 6. The summed E-state index contributed by atoms with van der Waals surface area (Å²) < 4.78 is 17.2. The molecule has 1 aliphatic rings. The minimum Gasteiger partial charge on any atom is -0.489 e. The highest BCUT2D eigenvalue weighted by molar-refractivity contribution is 5.74. The van der Waals surface area contributed by atoms with Gasteiger partial charge in [0, 0.05) is 5.56 Å². The first kappa shape index (κ1) is 31.1. The second kappa shape index (κ2) is 13.0. The Morgan fingerprint density at radius 1 is 0.881 bits per heavy atom. The average molecular weight is 574 g/mol. The van der Waals surface area contributed by atoms with Gasteiger partial charge in [0.25, 0.3) is 0 Å². The number of esters is 1. The molecule has 3 aromatic carbocycles. The molecule has 4 rings (SSSR count). The molecule has 0 radical (unpaired) electrons. The molecular weight excluding hydrogens is 530 g/mol. The van der Waals surface area contributed by atoms with Crippen molar-refractivity contribution in [2.24, 2.45) is 0 Å². The van der Waals surface area contributed by atoms with Crippen LogP contribution in [0.1, 0.15) is 88.6 Å². The maximum Gasteiger partial charge on any atom is 0.408 e. The topological polar surface area (TPSA) is 94.1 Å². The molecule has 7 heteroatoms. The highest BCUT2D eigenvalue weighted by atomic mass is 16.6. The van der Waals surface area contributed by atoms with Gasteiger partial charge in [0.1, 0.15) is 23.6 Å². The fraction of sp³-hybridized carbons (Fsp3) is 0.429. The molecule has 1 fully saturated rings. The fourth-order valence-electron chi connectivity index (χ4n) is 4.72. The Kier molecular flexibility index (Phi) is 9.62. The third-order valence-corrected chi connectivity index (χ3v) is 6.68. The van der Waals surface area contributed by atoms with Gasteiger partial charge in [-0.05, 0) is 106 Å². The zero-order valence-electron chi connectivity index (χ0n) is 25.5. The van der Waals surface area contributed by atoms with Crippen LogP contribution in [-0.2, 0) is 27.3 Å². The molecule has 0 bridgehead atoms. The number of para-hydroxylation sites is 1. The Hall–Kier alpha value is -3.84. The first-order chi connectivity index (χ1) is 19.8. The van der Waals surface area contributed by atoms with E-state index in [9.17, 15) is 14.7 Å². The van der Waals surface area contributed by atoms with Crippen LogP contribution in [0.2, 0.25) is 0 Å². The van der Waals surface area contributed by atoms with E-state index in [4.69, 9.17) is 14.2 Å². The Labute approximate surface area is 249 Å². The van der Waals surface area contributed by atoms with Crippen LogP contribution < -0.4 is 10.1 Å². The average Bonchev–Trinajstić information content (AvgIpc) is 3.75. The van der Waals surface area contributed by atoms with E-state index in [0.29, 0.717) is 18.3 Å². The monoisotopic (exact) mass is 573 g/mol. The molecular formula is C35H43NO6. The summed E-state index contributed by atoms with van der Waals surface area (Å²) in [6.07, 6.45) is 1.88. The zero-order chi connectivity index (χ0) is 30.5. The van der Waals surface area contributed by atoms with Gasteiger partial charge in [0.2, 0.25) is 0 Å². The number of aliphatic hydroxyl groups excluding tert-OH is 1. The van der Waals surface area contributed by atoms with Crippen LogP contribution in [-0.4, -0.2) is 35.0 Å². The van der Waals surface area contributed by atoms with E-state index in [2.05, 4.69) is 23.5 Å². The van der Waals surface area contributed by atoms with E-state index in [1.54, 1.807) is 20.8 Å². The Balaban J connectivity index is 1.54. The maximum absolute atomic E-state index is 12.5. The number of amides is 1. The first-order valence-corrected chi connectivity index (χ1v) is 14.6. The lowest BCUT2D eigenvalue weighted by Crippen LogP contribution is -2.36. The zero-order valence-corrected chi connectivity index (χ0v) is 25.5. The molecule has 0 heterocycles. The van der Waals surface area contributed by atoms with Gasteiger partial charge in [-0.25, -0.2) is 4.79 Å². The fourth-order valence-corrected chi connectivity index (χ4v) is 4.72. The van der Waals surface area contributed by atoms with Crippen molar-refractivity contribution in [1.29, 1.82) is 0 Å². The number of carbonyl (C=O) groups is 2. The van der Waals surface area contributed by atoms with Gasteiger partial charge in [-0.3, -0.25) is 4.79 Å². The summed E-state index contributed by atoms with van der Waals surface area (Å²) in [5.74, 6) is 0.895. The summed E-state index contributed by atoms with van der Waals surface area (Å²) in [4.78, 5) is 24.9. The second-order valence-corrected chi connectivity index (χ2v) is 12.9. The third kappa shape index (κ3) is 9.35. The van der Waals surface area contributed by atoms with Crippen LogP contribution in [0.15, 0.2) is 66.7 Å². The highest BCUT2D eigenvalue weighted by Gasteiger charge is 2.25. The molecule has 1 amide bonds. The summed E-state index contributed by atoms with van der Waals surface area (Å²) in [5.41, 5.74) is 4.69. The minimum absolute atomic E-state index is 0.136. The van der Waals surface area contributed by atoms with E-state index in [-0.39, 0.29) is 19.0 Å². The lowest BCUT2D eigenvalue weighted by atomic mass is 9.95. The van der Waals surface area contributed by atoms with Gasteiger partial charge in [0.15, 0.2) is 0 Å². The van der Waals surface area contributed by atoms with Crippen molar-refractivity contribution < 1.29 is 28.9 Å². The molecule has 42 heavy (non-hydrogen) atoms. The van der Waals surface area contributed by atoms with Crippen LogP contribution in [0.25, 0.3) is 11.1 Å². The number of carbonyl (C=O) groups excluding carboxylic acids is 2. The number of ether oxygens (including phenoxy) is 3. The molecule has 1 atom stereocenters. The number of aliphatic hydroxyl groups is 1. The Morgan fingerprint density at radius 2 is 1.60 bits per heavy atom. The summed E-state index contributed by atoms with van der Waals surface area (Å²) in [6, 6.07) is 21.3. The van der Waals surface area contributed by atoms with Crippen molar-refractivity contribution in [2.75, 3.05) is 6.61 Å². The minimum atomic E-state index is -0.635. The predicted molar refractivity (Wildman–Crippen MR) is 163 cm³/mol. The summed E-state index contributed by atoms with van der Waals surface area (Å²) >= 11 is 0. The standard InChI is InChI=1S/C35H43NO6/c1-34(2,3)41-32(38)20-27-10-7-8-13-31(27)40-22-23-16-28(24-14-15-24)19-29(17-23)25-11-9-12-26(18-25)30(21-37)36-33(39)42-35(4,5)6/h7-13,16-19,24,30,37H,14-15,20-22H2,1-6H3,(H,36,39)/t30-/m1/s1. The SMILES string of the molecule is CC(C)(C)OC(=O)Cc1ccccc1OCc1cc(-c2cccc([C@@H](CO)NC(=O)OC(C)(C)C)c2)cc(C2CC2)c1. The Bertz CT molecular complexity index is 1400. The van der Waals surface area contributed by atoms with E-state index < -0.39 is 23.3 Å². The largest absolute Gasteiger partial charge is 0.489 e. The van der Waals surface area contributed by atoms with Crippen LogP contribution in [0, 0.1) is 0 Å². The van der Waals surface area contributed by atoms with E-state index >= 15 is 0 Å². The quantitative estimate of drug-likeness (QED) is 0.248. The molecule has 0 unspecified atom stereocenters. The van der Waals surface area contributed by atoms with Crippen molar-refractivity contribution in [3.8, 4) is 16.9 Å². The number of benzene rings is 3. The molecule has 0 aliphatic heterocycles. The second-order valence-electron chi connectivity index (χ2n) is 12.9. The molecule has 0 spiro atoms. The summed E-state index contributed by atoms with van der Waals surface area (Å²) in [5, 5.41) is 12.8. The number of nitrogens with one attached hydrogen (secondary N) is 1. The van der Waals surface area contributed by atoms with Gasteiger partial charge in [-0.15, -0.1) is 0 Å². The van der Waals surface area contributed by atoms with E-state index in [1.807, 2.05) is 69.3 Å². The molecule has 0 aromatic heterocycles. The molecule has 224 valence electrons. The van der Waals surface area contributed by atoms with E-state index in [0.717, 1.165) is 40.7 Å². The Morgan fingerprint density at radius 3 is 2.26 bits per heavy atom. The molecule has 1 aliphatic carbocycles. The lowest BCUT2D eigenvalue weighted by molar-refractivity contribution is -0.153. The molecule has 3 aromatic rings. The van der Waals surface area contributed by atoms with Crippen molar-refractivity contribution in [1.82, 2.24) is 5.32 Å². The molecule has 1 saturated carbocycles. The van der Waals surface area contributed by atoms with Crippen molar-refractivity contribution in [2.45, 2.75) is 90.6 Å². The smallest absolute Gasteiger partial charge is 0.408 e. The van der Waals surface area contributed by atoms with Crippen molar-refractivity contribution >= 4 is 12.1 Å². The molecule has 2 N–H and O–H groups in total. The van der Waals surface area contributed by atoms with Crippen LogP contribution in [0.3, 0.4) is 0 Å². The normalized spacial score (nSPS) is 14.2. The maximum atomic E-state index is 12.5. The van der Waals surface area contributed by atoms with Crippen LogP contribution >= 0.6 is 0 Å². The van der Waals surface area contributed by atoms with Crippen LogP contribution in [0.5, 0.6) is 5.75 Å². The lowest BCUT2D eigenvalue weighted by Gasteiger charge is -2.23. The van der Waals surface area contributed by atoms with Gasteiger partial charge in [-0.1, -0.05) is 48.5 Å². The van der Waals surface area contributed by atoms with Crippen molar-refractivity contribution in [3.63, 3.8) is 0 Å². The first-order valence-electron chi connectivity index (χ1n) is 14.6. The van der Waals surface area contributed by atoms with E-state index in [1.165, 1.54) is 5.56 Å². The number of alkyl carbamates (subject to hydrolysis) is 1. The predicted octanol–water partition coefficient (Wildman–Crippen LogP) is 7.25. The summed E-state index contributed by atoms with van der Waals surface area (Å²) in [6.45, 7) is 11.1. The van der Waals surface area contributed by atoms with Gasteiger partial charge in [0.05, 0.1) is 19.1 Å². The van der Waals surface area contributed by atoms with Gasteiger partial charge >= 0.3 is 12.1 Å². The summed E-state index contributed by atoms with van der Waals surface area (Å²) in [7, 11) is 0.